The maximum absolute atomic E-state index is 12.4. The molecule has 0 bridgehead atoms. The molecule has 0 fully saturated rings. The van der Waals surface area contributed by atoms with Gasteiger partial charge in [0.1, 0.15) is 0 Å². The van der Waals surface area contributed by atoms with Crippen LogP contribution in [0.2, 0.25) is 0 Å². The Morgan fingerprint density at radius 3 is 2.67 bits per heavy atom. The number of aliphatic hydroxyl groups is 1. The highest BCUT2D eigenvalue weighted by molar-refractivity contribution is 5.96. The molecule has 0 saturated heterocycles. The first-order valence-electron chi connectivity index (χ1n) is 7.00. The van der Waals surface area contributed by atoms with Gasteiger partial charge in [0, 0.05) is 11.7 Å². The number of carboxylic acids is 1. The highest BCUT2D eigenvalue weighted by Gasteiger charge is 2.32. The second kappa shape index (κ2) is 6.13. The molecule has 3 atom stereocenters. The van der Waals surface area contributed by atoms with Crippen molar-refractivity contribution in [3.05, 3.63) is 29.8 Å². The fourth-order valence-electron chi connectivity index (χ4n) is 2.59. The molecule has 1 aromatic rings. The summed E-state index contributed by atoms with van der Waals surface area (Å²) >= 11 is 0. The molecule has 0 aromatic heterocycles. The number of anilines is 1. The molecule has 114 valence electrons. The number of urea groups is 1. The second-order valence-corrected chi connectivity index (χ2v) is 5.39. The number of hydrogen-bond donors (Lipinski definition) is 3. The molecule has 1 unspecified atom stereocenters. The average molecular weight is 292 g/mol. The average Bonchev–Trinajstić information content (AvgIpc) is 2.43. The van der Waals surface area contributed by atoms with Crippen LogP contribution in [0.15, 0.2) is 24.3 Å². The lowest BCUT2D eigenvalue weighted by Crippen LogP contribution is -2.55. The van der Waals surface area contributed by atoms with Gasteiger partial charge in [0.25, 0.3) is 0 Å². The van der Waals surface area contributed by atoms with Gasteiger partial charge in [-0.25, -0.2) is 9.59 Å². The molecular formula is C15H20N2O4. The van der Waals surface area contributed by atoms with E-state index in [1.54, 1.807) is 4.90 Å². The van der Waals surface area contributed by atoms with Crippen molar-refractivity contribution in [2.75, 3.05) is 4.90 Å². The molecule has 1 heterocycles. The number of carbonyl (C=O) groups excluding carboxylic acids is 1. The Bertz CT molecular complexity index is 544. The third-order valence-electron chi connectivity index (χ3n) is 3.77. The van der Waals surface area contributed by atoms with E-state index in [4.69, 9.17) is 5.11 Å². The van der Waals surface area contributed by atoms with Gasteiger partial charge in [0.05, 0.1) is 6.10 Å². The SMILES string of the molecule is CC1CCc2ccccc2N1C(=O)N[C@H](C(=O)O)[C@@H](C)O. The highest BCUT2D eigenvalue weighted by Crippen LogP contribution is 2.30. The molecule has 0 aliphatic carbocycles. The fourth-order valence-corrected chi connectivity index (χ4v) is 2.59. The first kappa shape index (κ1) is 15.3. The topological polar surface area (TPSA) is 89.9 Å². The summed E-state index contributed by atoms with van der Waals surface area (Å²) in [6.07, 6.45) is 0.540. The van der Waals surface area contributed by atoms with E-state index in [9.17, 15) is 14.7 Å². The van der Waals surface area contributed by atoms with Crippen LogP contribution in [-0.4, -0.2) is 40.4 Å². The van der Waals surface area contributed by atoms with E-state index in [1.165, 1.54) is 6.92 Å². The van der Waals surface area contributed by atoms with Gasteiger partial charge < -0.3 is 15.5 Å². The number of rotatable bonds is 3. The van der Waals surface area contributed by atoms with Gasteiger partial charge in [-0.2, -0.15) is 0 Å². The lowest BCUT2D eigenvalue weighted by Gasteiger charge is -2.36. The molecule has 6 heteroatoms. The highest BCUT2D eigenvalue weighted by atomic mass is 16.4. The zero-order valence-corrected chi connectivity index (χ0v) is 12.1. The Morgan fingerprint density at radius 1 is 1.38 bits per heavy atom. The van der Waals surface area contributed by atoms with Crippen molar-refractivity contribution in [2.45, 2.75) is 44.9 Å². The summed E-state index contributed by atoms with van der Waals surface area (Å²) in [6, 6.07) is 5.74. The number of fused-ring (bicyclic) bond motifs is 1. The molecule has 1 aliphatic heterocycles. The zero-order chi connectivity index (χ0) is 15.6. The lowest BCUT2D eigenvalue weighted by atomic mass is 9.97. The predicted octanol–water partition coefficient (Wildman–Crippen LogP) is 1.37. The lowest BCUT2D eigenvalue weighted by molar-refractivity contribution is -0.141. The first-order chi connectivity index (χ1) is 9.91. The summed E-state index contributed by atoms with van der Waals surface area (Å²) in [5.41, 5.74) is 1.86. The zero-order valence-electron chi connectivity index (χ0n) is 12.1. The Labute approximate surface area is 123 Å². The van der Waals surface area contributed by atoms with Crippen LogP contribution in [-0.2, 0) is 11.2 Å². The van der Waals surface area contributed by atoms with Crippen molar-refractivity contribution in [1.29, 1.82) is 0 Å². The van der Waals surface area contributed by atoms with Crippen molar-refractivity contribution in [1.82, 2.24) is 5.32 Å². The van der Waals surface area contributed by atoms with Crippen LogP contribution in [0.25, 0.3) is 0 Å². The van der Waals surface area contributed by atoms with Crippen LogP contribution in [0, 0.1) is 0 Å². The number of carboxylic acid groups (broad SMARTS) is 1. The Kier molecular flexibility index (Phi) is 4.47. The van der Waals surface area contributed by atoms with E-state index < -0.39 is 24.1 Å². The van der Waals surface area contributed by atoms with E-state index in [2.05, 4.69) is 5.32 Å². The largest absolute Gasteiger partial charge is 0.480 e. The molecule has 3 N–H and O–H groups in total. The normalized spacial score (nSPS) is 20.3. The van der Waals surface area contributed by atoms with E-state index in [-0.39, 0.29) is 6.04 Å². The van der Waals surface area contributed by atoms with E-state index in [1.807, 2.05) is 31.2 Å². The Hall–Kier alpha value is -2.08. The van der Waals surface area contributed by atoms with Gasteiger partial charge in [-0.15, -0.1) is 0 Å². The van der Waals surface area contributed by atoms with Crippen LogP contribution in [0.5, 0.6) is 0 Å². The number of nitrogens with zero attached hydrogens (tertiary/aromatic N) is 1. The van der Waals surface area contributed by atoms with Crippen molar-refractivity contribution in [3.8, 4) is 0 Å². The maximum atomic E-state index is 12.4. The molecule has 2 rings (SSSR count). The predicted molar refractivity (Wildman–Crippen MR) is 78.3 cm³/mol. The van der Waals surface area contributed by atoms with Gasteiger partial charge in [-0.1, -0.05) is 18.2 Å². The number of hydrogen-bond acceptors (Lipinski definition) is 3. The number of benzene rings is 1. The van der Waals surface area contributed by atoms with Gasteiger partial charge in [0.15, 0.2) is 6.04 Å². The Balaban J connectivity index is 2.24. The number of para-hydroxylation sites is 1. The van der Waals surface area contributed by atoms with Crippen molar-refractivity contribution in [2.24, 2.45) is 0 Å². The molecule has 1 aliphatic rings. The minimum Gasteiger partial charge on any atom is -0.480 e. The van der Waals surface area contributed by atoms with E-state index >= 15 is 0 Å². The standard InChI is InChI=1S/C15H20N2O4/c1-9-7-8-11-5-3-4-6-12(11)17(9)15(21)16-13(10(2)18)14(19)20/h3-6,9-10,13,18H,7-8H2,1-2H3,(H,16,21)(H,19,20)/t9?,10-,13+/m1/s1. The smallest absolute Gasteiger partial charge is 0.328 e. The first-order valence-corrected chi connectivity index (χ1v) is 7.00. The summed E-state index contributed by atoms with van der Waals surface area (Å²) in [4.78, 5) is 25.1. The Morgan fingerprint density at radius 2 is 2.05 bits per heavy atom. The van der Waals surface area contributed by atoms with Gasteiger partial charge in [-0.05, 0) is 38.3 Å². The number of nitrogens with one attached hydrogen (secondary N) is 1. The quantitative estimate of drug-likeness (QED) is 0.785. The molecule has 2 amide bonds. The van der Waals surface area contributed by atoms with Crippen LogP contribution >= 0.6 is 0 Å². The molecule has 0 spiro atoms. The summed E-state index contributed by atoms with van der Waals surface area (Å²) in [5, 5.41) is 20.9. The van der Waals surface area contributed by atoms with Gasteiger partial charge in [0.2, 0.25) is 0 Å². The molecular weight excluding hydrogens is 272 g/mol. The monoisotopic (exact) mass is 292 g/mol. The van der Waals surface area contributed by atoms with Crippen LogP contribution in [0.3, 0.4) is 0 Å². The summed E-state index contributed by atoms with van der Waals surface area (Å²) in [5.74, 6) is -1.25. The van der Waals surface area contributed by atoms with Crippen molar-refractivity contribution < 1.29 is 19.8 Å². The number of carbonyl (C=O) groups is 2. The van der Waals surface area contributed by atoms with Crippen molar-refractivity contribution in [3.63, 3.8) is 0 Å². The van der Waals surface area contributed by atoms with Gasteiger partial charge >= 0.3 is 12.0 Å². The third-order valence-corrected chi connectivity index (χ3v) is 3.77. The number of aryl methyl sites for hydroxylation is 1. The summed E-state index contributed by atoms with van der Waals surface area (Å²) in [7, 11) is 0. The fraction of sp³-hybridized carbons (Fsp3) is 0.467. The second-order valence-electron chi connectivity index (χ2n) is 5.39. The summed E-state index contributed by atoms with van der Waals surface area (Å²) in [6.45, 7) is 3.26. The molecule has 1 aromatic carbocycles. The van der Waals surface area contributed by atoms with Gasteiger partial charge in [-0.3, -0.25) is 4.90 Å². The van der Waals surface area contributed by atoms with Crippen molar-refractivity contribution >= 4 is 17.7 Å². The number of amides is 2. The summed E-state index contributed by atoms with van der Waals surface area (Å²) < 4.78 is 0. The molecule has 0 radical (unpaired) electrons. The molecule has 6 nitrogen and oxygen atoms in total. The molecule has 0 saturated carbocycles. The molecule has 21 heavy (non-hydrogen) atoms. The minimum atomic E-state index is -1.32. The maximum Gasteiger partial charge on any atom is 0.328 e. The third kappa shape index (κ3) is 3.16. The number of aliphatic hydroxyl groups excluding tert-OH is 1. The van der Waals surface area contributed by atoms with Crippen LogP contribution in [0.1, 0.15) is 25.8 Å². The van der Waals surface area contributed by atoms with E-state index in [0.717, 1.165) is 24.1 Å². The van der Waals surface area contributed by atoms with Crippen LogP contribution in [0.4, 0.5) is 10.5 Å². The van der Waals surface area contributed by atoms with Crippen LogP contribution < -0.4 is 10.2 Å². The number of aliphatic carboxylic acids is 1. The minimum absolute atomic E-state index is 0.0247. The van der Waals surface area contributed by atoms with E-state index in [0.29, 0.717) is 0 Å².